The minimum absolute atomic E-state index is 0.0519. The number of hydrogen-bond donors (Lipinski definition) is 1. The van der Waals surface area contributed by atoms with Gasteiger partial charge in [0.25, 0.3) is 0 Å². The highest BCUT2D eigenvalue weighted by atomic mass is 19.4. The second kappa shape index (κ2) is 5.09. The van der Waals surface area contributed by atoms with Gasteiger partial charge in [0.1, 0.15) is 5.82 Å². The largest absolute Gasteiger partial charge is 0.410 e. The van der Waals surface area contributed by atoms with Crippen LogP contribution in [0.4, 0.5) is 19.0 Å². The Morgan fingerprint density at radius 2 is 1.95 bits per heavy atom. The van der Waals surface area contributed by atoms with Gasteiger partial charge in [0, 0.05) is 12.5 Å². The van der Waals surface area contributed by atoms with Gasteiger partial charge in [0.05, 0.1) is 12.2 Å². The summed E-state index contributed by atoms with van der Waals surface area (Å²) in [7, 11) is 0. The van der Waals surface area contributed by atoms with Gasteiger partial charge in [-0.2, -0.15) is 18.3 Å². The van der Waals surface area contributed by atoms with Gasteiger partial charge in [-0.05, 0) is 17.5 Å². The van der Waals surface area contributed by atoms with Crippen molar-refractivity contribution >= 4 is 5.82 Å². The standard InChI is InChI=1S/C15H16F3N3/c1-2-10-3-5-11(6-4-10)12-9-13(15(16,17)18)21-14(20-12)7-8-19-21/h3-8,12-13,20H,2,9H2,1H3. The lowest BCUT2D eigenvalue weighted by atomic mass is 9.96. The van der Waals surface area contributed by atoms with E-state index in [1.807, 2.05) is 31.2 Å². The zero-order valence-electron chi connectivity index (χ0n) is 11.6. The molecule has 0 fully saturated rings. The molecule has 6 heteroatoms. The maximum atomic E-state index is 13.2. The lowest BCUT2D eigenvalue weighted by Gasteiger charge is -2.33. The molecule has 1 aromatic carbocycles. The molecule has 2 atom stereocenters. The number of halogens is 3. The van der Waals surface area contributed by atoms with Crippen molar-refractivity contribution in [2.45, 2.75) is 38.0 Å². The summed E-state index contributed by atoms with van der Waals surface area (Å²) >= 11 is 0. The molecule has 0 aliphatic carbocycles. The van der Waals surface area contributed by atoms with Crippen molar-refractivity contribution in [3.05, 3.63) is 47.7 Å². The average molecular weight is 295 g/mol. The van der Waals surface area contributed by atoms with Gasteiger partial charge in [-0.3, -0.25) is 0 Å². The number of anilines is 1. The third kappa shape index (κ3) is 2.62. The van der Waals surface area contributed by atoms with E-state index in [1.54, 1.807) is 6.07 Å². The molecule has 2 unspecified atom stereocenters. The van der Waals surface area contributed by atoms with Gasteiger partial charge >= 0.3 is 6.18 Å². The minimum Gasteiger partial charge on any atom is -0.363 e. The van der Waals surface area contributed by atoms with Gasteiger partial charge in [-0.15, -0.1) is 0 Å². The number of aromatic nitrogens is 2. The van der Waals surface area contributed by atoms with Gasteiger partial charge in [-0.25, -0.2) is 4.68 Å². The van der Waals surface area contributed by atoms with Gasteiger partial charge in [0.2, 0.25) is 0 Å². The van der Waals surface area contributed by atoms with Crippen molar-refractivity contribution in [1.29, 1.82) is 0 Å². The number of aryl methyl sites for hydroxylation is 1. The van der Waals surface area contributed by atoms with E-state index in [-0.39, 0.29) is 12.5 Å². The molecule has 21 heavy (non-hydrogen) atoms. The van der Waals surface area contributed by atoms with E-state index in [2.05, 4.69) is 10.4 Å². The Morgan fingerprint density at radius 1 is 1.24 bits per heavy atom. The maximum absolute atomic E-state index is 13.2. The summed E-state index contributed by atoms with van der Waals surface area (Å²) in [5.74, 6) is 0.410. The molecule has 0 saturated carbocycles. The molecule has 1 aromatic heterocycles. The van der Waals surface area contributed by atoms with Crippen LogP contribution in [0.25, 0.3) is 0 Å². The van der Waals surface area contributed by atoms with Crippen LogP contribution in [0.3, 0.4) is 0 Å². The van der Waals surface area contributed by atoms with Gasteiger partial charge < -0.3 is 5.32 Å². The maximum Gasteiger partial charge on any atom is 0.410 e. The summed E-state index contributed by atoms with van der Waals surface area (Å²) in [6, 6.07) is 7.36. The Morgan fingerprint density at radius 3 is 2.57 bits per heavy atom. The summed E-state index contributed by atoms with van der Waals surface area (Å²) in [4.78, 5) is 0. The molecular formula is C15H16F3N3. The molecule has 2 heterocycles. The van der Waals surface area contributed by atoms with Gasteiger partial charge in [-0.1, -0.05) is 31.2 Å². The van der Waals surface area contributed by atoms with Crippen LogP contribution in [0, 0.1) is 0 Å². The van der Waals surface area contributed by atoms with E-state index in [4.69, 9.17) is 0 Å². The Kier molecular flexibility index (Phi) is 3.39. The number of nitrogens with zero attached hydrogens (tertiary/aromatic N) is 2. The van der Waals surface area contributed by atoms with E-state index in [1.165, 1.54) is 11.8 Å². The molecule has 3 rings (SSSR count). The van der Waals surface area contributed by atoms with Crippen molar-refractivity contribution in [3.63, 3.8) is 0 Å². The van der Waals surface area contributed by atoms with Crippen LogP contribution in [0.1, 0.15) is 36.6 Å². The van der Waals surface area contributed by atoms with E-state index in [0.29, 0.717) is 5.82 Å². The second-order valence-corrected chi connectivity index (χ2v) is 5.25. The number of fused-ring (bicyclic) bond motifs is 1. The number of hydrogen-bond acceptors (Lipinski definition) is 2. The van der Waals surface area contributed by atoms with Crippen molar-refractivity contribution in [2.75, 3.05) is 5.32 Å². The average Bonchev–Trinajstić information content (AvgIpc) is 2.93. The van der Waals surface area contributed by atoms with Crippen LogP contribution in [-0.2, 0) is 6.42 Å². The highest BCUT2D eigenvalue weighted by molar-refractivity contribution is 5.42. The molecular weight excluding hydrogens is 279 g/mol. The first kappa shape index (κ1) is 14.0. The lowest BCUT2D eigenvalue weighted by Crippen LogP contribution is -2.35. The molecule has 2 aromatic rings. The summed E-state index contributed by atoms with van der Waals surface area (Å²) in [5, 5.41) is 6.93. The smallest absolute Gasteiger partial charge is 0.363 e. The van der Waals surface area contributed by atoms with Crippen LogP contribution in [0.5, 0.6) is 0 Å². The zero-order valence-corrected chi connectivity index (χ0v) is 11.6. The number of nitrogens with one attached hydrogen (secondary N) is 1. The number of rotatable bonds is 2. The number of alkyl halides is 3. The molecule has 0 radical (unpaired) electrons. The van der Waals surface area contributed by atoms with E-state index < -0.39 is 12.2 Å². The predicted octanol–water partition coefficient (Wildman–Crippen LogP) is 4.11. The van der Waals surface area contributed by atoms with Crippen LogP contribution in [-0.4, -0.2) is 16.0 Å². The van der Waals surface area contributed by atoms with Crippen LogP contribution >= 0.6 is 0 Å². The summed E-state index contributed by atoms with van der Waals surface area (Å²) in [5.41, 5.74) is 2.04. The topological polar surface area (TPSA) is 29.9 Å². The van der Waals surface area contributed by atoms with Crippen LogP contribution in [0.15, 0.2) is 36.5 Å². The Balaban J connectivity index is 1.92. The normalized spacial score (nSPS) is 21.7. The summed E-state index contributed by atoms with van der Waals surface area (Å²) < 4.78 is 40.7. The third-order valence-electron chi connectivity index (χ3n) is 3.91. The zero-order chi connectivity index (χ0) is 15.0. The van der Waals surface area contributed by atoms with Crippen molar-refractivity contribution in [2.24, 2.45) is 0 Å². The molecule has 0 amide bonds. The Bertz CT molecular complexity index is 616. The molecule has 3 nitrogen and oxygen atoms in total. The summed E-state index contributed by atoms with van der Waals surface area (Å²) in [6.07, 6.45) is -2.05. The molecule has 112 valence electrons. The first-order chi connectivity index (χ1) is 9.99. The fraction of sp³-hybridized carbons (Fsp3) is 0.400. The minimum atomic E-state index is -4.30. The highest BCUT2D eigenvalue weighted by Crippen LogP contribution is 2.43. The third-order valence-corrected chi connectivity index (χ3v) is 3.91. The van der Waals surface area contributed by atoms with Crippen molar-refractivity contribution in [3.8, 4) is 0 Å². The van der Waals surface area contributed by atoms with Crippen LogP contribution in [0.2, 0.25) is 0 Å². The van der Waals surface area contributed by atoms with Gasteiger partial charge in [0.15, 0.2) is 6.04 Å². The first-order valence-corrected chi connectivity index (χ1v) is 6.94. The molecule has 0 spiro atoms. The first-order valence-electron chi connectivity index (χ1n) is 6.94. The van der Waals surface area contributed by atoms with Crippen molar-refractivity contribution < 1.29 is 13.2 Å². The monoisotopic (exact) mass is 295 g/mol. The molecule has 0 bridgehead atoms. The molecule has 0 saturated heterocycles. The molecule has 1 aliphatic heterocycles. The highest BCUT2D eigenvalue weighted by Gasteiger charge is 2.46. The lowest BCUT2D eigenvalue weighted by molar-refractivity contribution is -0.173. The Hall–Kier alpha value is -1.98. The predicted molar refractivity (Wildman–Crippen MR) is 74.1 cm³/mol. The van der Waals surface area contributed by atoms with E-state index in [9.17, 15) is 13.2 Å². The summed E-state index contributed by atoms with van der Waals surface area (Å²) in [6.45, 7) is 2.05. The van der Waals surface area contributed by atoms with E-state index >= 15 is 0 Å². The van der Waals surface area contributed by atoms with E-state index in [0.717, 1.165) is 16.7 Å². The van der Waals surface area contributed by atoms with Crippen molar-refractivity contribution in [1.82, 2.24) is 9.78 Å². The fourth-order valence-corrected chi connectivity index (χ4v) is 2.71. The quantitative estimate of drug-likeness (QED) is 0.903. The van der Waals surface area contributed by atoms with Crippen LogP contribution < -0.4 is 5.32 Å². The second-order valence-electron chi connectivity index (χ2n) is 5.25. The number of benzene rings is 1. The molecule has 1 aliphatic rings. The fourth-order valence-electron chi connectivity index (χ4n) is 2.71. The molecule has 1 N–H and O–H groups in total. The Labute approximate surface area is 120 Å². The SMILES string of the molecule is CCc1ccc(C2CC(C(F)(F)F)n3nccc3N2)cc1.